The molecule has 0 spiro atoms. The van der Waals surface area contributed by atoms with E-state index in [1.54, 1.807) is 18.1 Å². The highest BCUT2D eigenvalue weighted by molar-refractivity contribution is 6.38. The quantitative estimate of drug-likeness (QED) is 0.743. The van der Waals surface area contributed by atoms with Gasteiger partial charge in [0.1, 0.15) is 17.6 Å². The maximum atomic E-state index is 12.8. The SMILES string of the molecule is CCOC(=O)C1=NN(c2ccccc2)C(C(=O)NCCc2nccn2C)C1. The largest absolute Gasteiger partial charge is 0.461 e. The lowest BCUT2D eigenvalue weighted by atomic mass is 10.1. The highest BCUT2D eigenvalue weighted by Crippen LogP contribution is 2.25. The second-order valence-electron chi connectivity index (χ2n) is 6.16. The first kappa shape index (κ1) is 18.6. The molecule has 1 atom stereocenters. The van der Waals surface area contributed by atoms with Crippen LogP contribution >= 0.6 is 0 Å². The zero-order chi connectivity index (χ0) is 19.2. The number of carbonyl (C=O) groups excluding carboxylic acids is 2. The summed E-state index contributed by atoms with van der Waals surface area (Å²) in [6.45, 7) is 2.46. The van der Waals surface area contributed by atoms with Gasteiger partial charge < -0.3 is 14.6 Å². The average molecular weight is 369 g/mol. The fraction of sp³-hybridized carbons (Fsp3) is 0.368. The van der Waals surface area contributed by atoms with E-state index < -0.39 is 12.0 Å². The van der Waals surface area contributed by atoms with Crippen molar-refractivity contribution in [3.05, 3.63) is 48.5 Å². The van der Waals surface area contributed by atoms with Crippen LogP contribution in [-0.2, 0) is 27.8 Å². The molecule has 27 heavy (non-hydrogen) atoms. The summed E-state index contributed by atoms with van der Waals surface area (Å²) in [6, 6.07) is 8.73. The van der Waals surface area contributed by atoms with E-state index in [1.807, 2.05) is 48.1 Å². The lowest BCUT2D eigenvalue weighted by Crippen LogP contribution is -2.43. The zero-order valence-corrected chi connectivity index (χ0v) is 15.5. The van der Waals surface area contributed by atoms with Gasteiger partial charge in [-0.05, 0) is 19.1 Å². The van der Waals surface area contributed by atoms with Crippen molar-refractivity contribution in [1.82, 2.24) is 14.9 Å². The maximum absolute atomic E-state index is 12.8. The van der Waals surface area contributed by atoms with Crippen molar-refractivity contribution in [2.45, 2.75) is 25.8 Å². The normalized spacial score (nSPS) is 16.1. The summed E-state index contributed by atoms with van der Waals surface area (Å²) < 4.78 is 6.96. The van der Waals surface area contributed by atoms with E-state index in [0.29, 0.717) is 13.0 Å². The Hall–Kier alpha value is -3.16. The smallest absolute Gasteiger partial charge is 0.354 e. The Morgan fingerprint density at radius 3 is 2.74 bits per heavy atom. The van der Waals surface area contributed by atoms with Gasteiger partial charge in [-0.3, -0.25) is 9.80 Å². The Morgan fingerprint density at radius 2 is 2.07 bits per heavy atom. The number of esters is 1. The van der Waals surface area contributed by atoms with Crippen molar-refractivity contribution in [3.63, 3.8) is 0 Å². The lowest BCUT2D eigenvalue weighted by molar-refractivity contribution is -0.135. The van der Waals surface area contributed by atoms with E-state index in [4.69, 9.17) is 4.74 Å². The molecule has 0 aliphatic carbocycles. The second kappa shape index (κ2) is 8.48. The Morgan fingerprint density at radius 1 is 1.30 bits per heavy atom. The molecule has 0 fully saturated rings. The molecule has 8 heteroatoms. The zero-order valence-electron chi connectivity index (χ0n) is 15.5. The minimum absolute atomic E-state index is 0.184. The van der Waals surface area contributed by atoms with Crippen molar-refractivity contribution in [2.24, 2.45) is 12.1 Å². The van der Waals surface area contributed by atoms with Crippen molar-refractivity contribution in [3.8, 4) is 0 Å². The maximum Gasteiger partial charge on any atom is 0.354 e. The molecule has 3 rings (SSSR count). The minimum Gasteiger partial charge on any atom is -0.461 e. The molecule has 0 bridgehead atoms. The third-order valence-electron chi connectivity index (χ3n) is 4.31. The highest BCUT2D eigenvalue weighted by atomic mass is 16.5. The third kappa shape index (κ3) is 4.33. The van der Waals surface area contributed by atoms with Gasteiger partial charge in [-0.15, -0.1) is 0 Å². The molecule has 142 valence electrons. The van der Waals surface area contributed by atoms with Crippen LogP contribution < -0.4 is 10.3 Å². The first-order valence-electron chi connectivity index (χ1n) is 8.93. The molecule has 1 aromatic carbocycles. The molecule has 1 aliphatic rings. The van der Waals surface area contributed by atoms with Gasteiger partial charge in [0.05, 0.1) is 12.3 Å². The van der Waals surface area contributed by atoms with Gasteiger partial charge in [0.2, 0.25) is 5.91 Å². The van der Waals surface area contributed by atoms with Gasteiger partial charge in [0.25, 0.3) is 0 Å². The molecule has 0 radical (unpaired) electrons. The van der Waals surface area contributed by atoms with Crippen LogP contribution in [-0.4, -0.2) is 46.3 Å². The standard InChI is InChI=1S/C19H23N5O3/c1-3-27-19(26)15-13-16(24(22-15)14-7-5-4-6-8-14)18(25)21-10-9-17-20-11-12-23(17)2/h4-8,11-12,16H,3,9-10,13H2,1-2H3,(H,21,25). The number of aryl methyl sites for hydroxylation is 1. The van der Waals surface area contributed by atoms with Gasteiger partial charge >= 0.3 is 5.97 Å². The summed E-state index contributed by atoms with van der Waals surface area (Å²) >= 11 is 0. The number of nitrogens with one attached hydrogen (secondary N) is 1. The minimum atomic E-state index is -0.590. The number of hydrazone groups is 1. The Kier molecular flexibility index (Phi) is 5.85. The number of nitrogens with zero attached hydrogens (tertiary/aromatic N) is 4. The number of hydrogen-bond donors (Lipinski definition) is 1. The van der Waals surface area contributed by atoms with Crippen LogP contribution in [0.4, 0.5) is 5.69 Å². The Labute approximate surface area is 157 Å². The topological polar surface area (TPSA) is 88.8 Å². The van der Waals surface area contributed by atoms with Crippen LogP contribution in [0.1, 0.15) is 19.2 Å². The summed E-state index contributed by atoms with van der Waals surface area (Å²) in [5, 5.41) is 8.86. The van der Waals surface area contributed by atoms with Crippen molar-refractivity contribution in [1.29, 1.82) is 0 Å². The van der Waals surface area contributed by atoms with Gasteiger partial charge in [-0.25, -0.2) is 9.78 Å². The first-order valence-corrected chi connectivity index (χ1v) is 8.93. The summed E-state index contributed by atoms with van der Waals surface area (Å²) in [7, 11) is 1.91. The molecule has 0 saturated carbocycles. The highest BCUT2D eigenvalue weighted by Gasteiger charge is 2.36. The van der Waals surface area contributed by atoms with E-state index in [1.165, 1.54) is 0 Å². The van der Waals surface area contributed by atoms with E-state index >= 15 is 0 Å². The van der Waals surface area contributed by atoms with E-state index in [-0.39, 0.29) is 24.6 Å². The second-order valence-corrected chi connectivity index (χ2v) is 6.16. The predicted molar refractivity (Wildman–Crippen MR) is 101 cm³/mol. The monoisotopic (exact) mass is 369 g/mol. The van der Waals surface area contributed by atoms with Crippen molar-refractivity contribution >= 4 is 23.3 Å². The molecule has 0 saturated heterocycles. The number of carbonyl (C=O) groups is 2. The number of hydrogen-bond acceptors (Lipinski definition) is 6. The molecule has 1 N–H and O–H groups in total. The lowest BCUT2D eigenvalue weighted by Gasteiger charge is -2.22. The third-order valence-corrected chi connectivity index (χ3v) is 4.31. The van der Waals surface area contributed by atoms with Gasteiger partial charge in [-0.1, -0.05) is 18.2 Å². The number of benzene rings is 1. The van der Waals surface area contributed by atoms with Crippen molar-refractivity contribution < 1.29 is 14.3 Å². The average Bonchev–Trinajstić information content (AvgIpc) is 3.29. The molecule has 2 aromatic rings. The van der Waals surface area contributed by atoms with Crippen molar-refractivity contribution in [2.75, 3.05) is 18.2 Å². The summed E-state index contributed by atoms with van der Waals surface area (Å²) in [5.41, 5.74) is 1.01. The Balaban J connectivity index is 1.69. The predicted octanol–water partition coefficient (Wildman–Crippen LogP) is 1.28. The number of para-hydroxylation sites is 1. The van der Waals surface area contributed by atoms with Gasteiger partial charge in [-0.2, -0.15) is 5.10 Å². The molecule has 1 amide bonds. The number of anilines is 1. The van der Waals surface area contributed by atoms with Crippen LogP contribution in [0.3, 0.4) is 0 Å². The van der Waals surface area contributed by atoms with Crippen LogP contribution in [0, 0.1) is 0 Å². The molecular weight excluding hydrogens is 346 g/mol. The Bertz CT molecular complexity index is 831. The van der Waals surface area contributed by atoms with Gasteiger partial charge in [0, 0.05) is 38.8 Å². The first-order chi connectivity index (χ1) is 13.1. The molecular formula is C19H23N5O3. The fourth-order valence-electron chi connectivity index (χ4n) is 2.92. The molecule has 1 aliphatic heterocycles. The summed E-state index contributed by atoms with van der Waals surface area (Å²) in [4.78, 5) is 29.1. The van der Waals surface area contributed by atoms with E-state index in [9.17, 15) is 9.59 Å². The van der Waals surface area contributed by atoms with Crippen LogP contribution in [0.15, 0.2) is 47.8 Å². The number of amides is 1. The van der Waals surface area contributed by atoms with Crippen LogP contribution in [0.2, 0.25) is 0 Å². The van der Waals surface area contributed by atoms with E-state index in [0.717, 1.165) is 11.5 Å². The van der Waals surface area contributed by atoms with E-state index in [2.05, 4.69) is 15.4 Å². The molecule has 8 nitrogen and oxygen atoms in total. The summed E-state index contributed by atoms with van der Waals surface area (Å²) in [6.07, 6.45) is 4.43. The molecule has 1 unspecified atom stereocenters. The number of rotatable bonds is 7. The fourth-order valence-corrected chi connectivity index (χ4v) is 2.92. The molecule has 1 aromatic heterocycles. The molecule has 2 heterocycles. The van der Waals surface area contributed by atoms with Crippen LogP contribution in [0.25, 0.3) is 0 Å². The number of imidazole rings is 1. The number of aromatic nitrogens is 2. The summed E-state index contributed by atoms with van der Waals surface area (Å²) in [5.74, 6) is 0.225. The van der Waals surface area contributed by atoms with Gasteiger partial charge in [0.15, 0.2) is 0 Å². The van der Waals surface area contributed by atoms with Crippen LogP contribution in [0.5, 0.6) is 0 Å². The number of ether oxygens (including phenoxy) is 1.